The Morgan fingerprint density at radius 2 is 2.07 bits per heavy atom. The molecule has 2 heteroatoms. The molecule has 0 fully saturated rings. The van der Waals surface area contributed by atoms with E-state index in [1.54, 1.807) is 0 Å². The molecule has 0 saturated heterocycles. The number of fused-ring (bicyclic) bond motifs is 1. The Bertz CT molecular complexity index is 380. The van der Waals surface area contributed by atoms with Crippen LogP contribution in [-0.2, 0) is 6.42 Å². The van der Waals surface area contributed by atoms with Gasteiger partial charge in [0.2, 0.25) is 0 Å². The summed E-state index contributed by atoms with van der Waals surface area (Å²) in [4.78, 5) is 6.97. The van der Waals surface area contributed by atoms with Gasteiger partial charge in [-0.3, -0.25) is 9.89 Å². The summed E-state index contributed by atoms with van der Waals surface area (Å²) in [6.45, 7) is 5.40. The smallest absolute Gasteiger partial charge is 0.0665 e. The van der Waals surface area contributed by atoms with Gasteiger partial charge >= 0.3 is 0 Å². The van der Waals surface area contributed by atoms with Gasteiger partial charge in [-0.15, -0.1) is 0 Å². The third-order valence-electron chi connectivity index (χ3n) is 2.98. The van der Waals surface area contributed by atoms with E-state index in [0.29, 0.717) is 6.04 Å². The second kappa shape index (κ2) is 4.15. The number of hydrogen-bond donors (Lipinski definition) is 0. The van der Waals surface area contributed by atoms with Crippen molar-refractivity contribution in [2.24, 2.45) is 4.99 Å². The molecule has 0 amide bonds. The summed E-state index contributed by atoms with van der Waals surface area (Å²) >= 11 is 0. The summed E-state index contributed by atoms with van der Waals surface area (Å²) in [6, 6.07) is 8.98. The molecule has 1 aliphatic rings. The molecule has 0 bridgehead atoms. The molecular weight excluding hydrogens is 184 g/mol. The van der Waals surface area contributed by atoms with Gasteiger partial charge in [0, 0.05) is 24.7 Å². The molecule has 0 atom stereocenters. The van der Waals surface area contributed by atoms with E-state index in [1.807, 2.05) is 0 Å². The van der Waals surface area contributed by atoms with Crippen molar-refractivity contribution in [1.82, 2.24) is 4.90 Å². The number of aliphatic imine (C=N–C) groups is 1. The Hall–Kier alpha value is -1.15. The van der Waals surface area contributed by atoms with E-state index in [9.17, 15) is 0 Å². The van der Waals surface area contributed by atoms with Crippen molar-refractivity contribution in [3.05, 3.63) is 29.8 Å². The highest BCUT2D eigenvalue weighted by atomic mass is 15.1. The van der Waals surface area contributed by atoms with Crippen LogP contribution < -0.4 is 0 Å². The van der Waals surface area contributed by atoms with Crippen LogP contribution in [0.4, 0.5) is 5.69 Å². The van der Waals surface area contributed by atoms with Gasteiger partial charge in [0.25, 0.3) is 0 Å². The molecule has 0 unspecified atom stereocenters. The average molecular weight is 202 g/mol. The van der Waals surface area contributed by atoms with Crippen LogP contribution in [0.2, 0.25) is 0 Å². The lowest BCUT2D eigenvalue weighted by atomic mass is 10.1. The summed E-state index contributed by atoms with van der Waals surface area (Å²) in [5.74, 6) is 0. The summed E-state index contributed by atoms with van der Waals surface area (Å²) in [6.07, 6.45) is 1.02. The van der Waals surface area contributed by atoms with Crippen molar-refractivity contribution in [1.29, 1.82) is 0 Å². The van der Waals surface area contributed by atoms with Gasteiger partial charge in [-0.2, -0.15) is 0 Å². The van der Waals surface area contributed by atoms with Gasteiger partial charge < -0.3 is 0 Å². The Kier molecular flexibility index (Phi) is 2.87. The van der Waals surface area contributed by atoms with Crippen molar-refractivity contribution in [3.8, 4) is 0 Å². The largest absolute Gasteiger partial charge is 0.298 e. The quantitative estimate of drug-likeness (QED) is 0.735. The Labute approximate surface area is 91.6 Å². The second-order valence-corrected chi connectivity index (χ2v) is 4.49. The molecule has 1 aliphatic heterocycles. The molecule has 0 radical (unpaired) electrons. The van der Waals surface area contributed by atoms with Crippen LogP contribution >= 0.6 is 0 Å². The number of para-hydroxylation sites is 1. The van der Waals surface area contributed by atoms with Gasteiger partial charge in [0.1, 0.15) is 0 Å². The number of benzene rings is 1. The Morgan fingerprint density at radius 1 is 1.33 bits per heavy atom. The third-order valence-corrected chi connectivity index (χ3v) is 2.98. The summed E-state index contributed by atoms with van der Waals surface area (Å²) in [5, 5.41) is 0. The first-order chi connectivity index (χ1) is 7.16. The van der Waals surface area contributed by atoms with E-state index < -0.39 is 0 Å². The standard InChI is InChI=1S/C13H18N2/c1-10(2)15(3)9-12-8-11-6-4-5-7-13(11)14-12/h4-7,10H,8-9H2,1-3H3. The van der Waals surface area contributed by atoms with Crippen molar-refractivity contribution in [3.63, 3.8) is 0 Å². The molecule has 2 nitrogen and oxygen atoms in total. The van der Waals surface area contributed by atoms with Gasteiger partial charge in [-0.1, -0.05) is 18.2 Å². The minimum Gasteiger partial charge on any atom is -0.298 e. The lowest BCUT2D eigenvalue weighted by Gasteiger charge is -2.20. The summed E-state index contributed by atoms with van der Waals surface area (Å²) in [7, 11) is 2.15. The normalized spacial score (nSPS) is 14.6. The Morgan fingerprint density at radius 3 is 2.73 bits per heavy atom. The van der Waals surface area contributed by atoms with Gasteiger partial charge in [-0.25, -0.2) is 0 Å². The topological polar surface area (TPSA) is 15.6 Å². The average Bonchev–Trinajstić information content (AvgIpc) is 2.59. The lowest BCUT2D eigenvalue weighted by molar-refractivity contribution is 0.311. The molecular formula is C13H18N2. The summed E-state index contributed by atoms with van der Waals surface area (Å²) < 4.78 is 0. The maximum absolute atomic E-state index is 4.65. The van der Waals surface area contributed by atoms with Crippen LogP contribution in [0.25, 0.3) is 0 Å². The van der Waals surface area contributed by atoms with Crippen LogP contribution in [0.15, 0.2) is 29.3 Å². The zero-order valence-electron chi connectivity index (χ0n) is 9.70. The highest BCUT2D eigenvalue weighted by Crippen LogP contribution is 2.26. The molecule has 80 valence electrons. The van der Waals surface area contributed by atoms with Gasteiger partial charge in [0.05, 0.1) is 5.69 Å². The van der Waals surface area contributed by atoms with E-state index in [2.05, 4.69) is 55.1 Å². The first-order valence-corrected chi connectivity index (χ1v) is 5.51. The molecule has 15 heavy (non-hydrogen) atoms. The monoisotopic (exact) mass is 202 g/mol. The van der Waals surface area contributed by atoms with Crippen molar-refractivity contribution >= 4 is 11.4 Å². The lowest BCUT2D eigenvalue weighted by Crippen LogP contribution is -2.31. The van der Waals surface area contributed by atoms with E-state index in [1.165, 1.54) is 11.3 Å². The molecule has 2 rings (SSSR count). The maximum Gasteiger partial charge on any atom is 0.0665 e. The number of hydrogen-bond acceptors (Lipinski definition) is 2. The van der Waals surface area contributed by atoms with Crippen LogP contribution in [-0.4, -0.2) is 30.2 Å². The zero-order valence-corrected chi connectivity index (χ0v) is 9.70. The minimum atomic E-state index is 0.580. The highest BCUT2D eigenvalue weighted by Gasteiger charge is 2.15. The van der Waals surface area contributed by atoms with Crippen molar-refractivity contribution < 1.29 is 0 Å². The highest BCUT2D eigenvalue weighted by molar-refractivity contribution is 5.95. The molecule has 1 aromatic rings. The second-order valence-electron chi connectivity index (χ2n) is 4.49. The fourth-order valence-corrected chi connectivity index (χ4v) is 1.76. The zero-order chi connectivity index (χ0) is 10.8. The molecule has 0 aromatic heterocycles. The van der Waals surface area contributed by atoms with Crippen LogP contribution in [0.1, 0.15) is 19.4 Å². The fraction of sp³-hybridized carbons (Fsp3) is 0.462. The maximum atomic E-state index is 4.65. The molecule has 1 aromatic carbocycles. The fourth-order valence-electron chi connectivity index (χ4n) is 1.76. The van der Waals surface area contributed by atoms with E-state index in [0.717, 1.165) is 18.7 Å². The molecule has 1 heterocycles. The first kappa shape index (κ1) is 10.4. The Balaban J connectivity index is 2.05. The summed E-state index contributed by atoms with van der Waals surface area (Å²) in [5.41, 5.74) is 3.81. The van der Waals surface area contributed by atoms with Crippen LogP contribution in [0.5, 0.6) is 0 Å². The third kappa shape index (κ3) is 2.26. The van der Waals surface area contributed by atoms with Crippen molar-refractivity contribution in [2.75, 3.05) is 13.6 Å². The first-order valence-electron chi connectivity index (χ1n) is 5.51. The molecule has 0 spiro atoms. The van der Waals surface area contributed by atoms with Gasteiger partial charge in [0.15, 0.2) is 0 Å². The molecule has 0 N–H and O–H groups in total. The van der Waals surface area contributed by atoms with Crippen LogP contribution in [0, 0.1) is 0 Å². The van der Waals surface area contributed by atoms with Gasteiger partial charge in [-0.05, 0) is 32.5 Å². The van der Waals surface area contributed by atoms with Crippen LogP contribution in [0.3, 0.4) is 0 Å². The minimum absolute atomic E-state index is 0.580. The van der Waals surface area contributed by atoms with Crippen molar-refractivity contribution in [2.45, 2.75) is 26.3 Å². The SMILES string of the molecule is CC(C)N(C)CC1=Nc2ccccc2C1. The van der Waals surface area contributed by atoms with E-state index in [4.69, 9.17) is 0 Å². The molecule has 0 saturated carbocycles. The number of nitrogens with zero attached hydrogens (tertiary/aromatic N) is 2. The van der Waals surface area contributed by atoms with E-state index >= 15 is 0 Å². The van der Waals surface area contributed by atoms with E-state index in [-0.39, 0.29) is 0 Å². The predicted molar refractivity (Wildman–Crippen MR) is 65.0 cm³/mol. The number of rotatable bonds is 3. The predicted octanol–water partition coefficient (Wildman–Crippen LogP) is 2.66. The molecule has 0 aliphatic carbocycles.